The Kier molecular flexibility index (Phi) is 6.97. The van der Waals surface area contributed by atoms with E-state index in [0.717, 1.165) is 11.3 Å². The Labute approximate surface area is 177 Å². The molecule has 1 aromatic heterocycles. The van der Waals surface area contributed by atoms with Crippen molar-refractivity contribution in [2.24, 2.45) is 5.92 Å². The van der Waals surface area contributed by atoms with Gasteiger partial charge in [0.2, 0.25) is 0 Å². The summed E-state index contributed by atoms with van der Waals surface area (Å²) >= 11 is 0. The maximum Gasteiger partial charge on any atom is 0.409 e. The maximum atomic E-state index is 13.0. The van der Waals surface area contributed by atoms with Crippen molar-refractivity contribution in [2.45, 2.75) is 27.2 Å². The number of ether oxygens (including phenoxy) is 2. The van der Waals surface area contributed by atoms with Crippen LogP contribution < -0.4 is 4.74 Å². The zero-order valence-corrected chi connectivity index (χ0v) is 18.1. The summed E-state index contributed by atoms with van der Waals surface area (Å²) in [5, 5.41) is 4.48. The minimum Gasteiger partial charge on any atom is -0.494 e. The zero-order chi connectivity index (χ0) is 21.7. The van der Waals surface area contributed by atoms with Crippen LogP contribution in [0.5, 0.6) is 5.75 Å². The first-order valence-corrected chi connectivity index (χ1v) is 10.3. The fourth-order valence-electron chi connectivity index (χ4n) is 3.35. The molecule has 2 amide bonds. The second-order valence-electron chi connectivity index (χ2n) is 7.92. The summed E-state index contributed by atoms with van der Waals surface area (Å²) in [7, 11) is 1.61. The number of hydrogen-bond acceptors (Lipinski definition) is 5. The SMILES string of the molecule is COc1ccc(C)cc1-n1ccc(C(=O)N2CCCN(C(=O)OCC(C)C)CC2)n1. The molecule has 0 aliphatic carbocycles. The minimum absolute atomic E-state index is 0.141. The van der Waals surface area contributed by atoms with Crippen molar-refractivity contribution >= 4 is 12.0 Å². The lowest BCUT2D eigenvalue weighted by molar-refractivity contribution is 0.0740. The van der Waals surface area contributed by atoms with E-state index in [1.165, 1.54) is 0 Å². The fraction of sp³-hybridized carbons (Fsp3) is 0.500. The molecule has 0 bridgehead atoms. The largest absolute Gasteiger partial charge is 0.494 e. The van der Waals surface area contributed by atoms with Gasteiger partial charge < -0.3 is 19.3 Å². The molecule has 0 N–H and O–H groups in total. The van der Waals surface area contributed by atoms with E-state index in [4.69, 9.17) is 9.47 Å². The van der Waals surface area contributed by atoms with Gasteiger partial charge in [0, 0.05) is 32.4 Å². The molecule has 1 saturated heterocycles. The normalized spacial score (nSPS) is 14.6. The van der Waals surface area contributed by atoms with Crippen LogP contribution in [0.25, 0.3) is 5.69 Å². The predicted molar refractivity (Wildman–Crippen MR) is 113 cm³/mol. The van der Waals surface area contributed by atoms with E-state index in [9.17, 15) is 9.59 Å². The van der Waals surface area contributed by atoms with Crippen LogP contribution in [0, 0.1) is 12.8 Å². The lowest BCUT2D eigenvalue weighted by Gasteiger charge is -2.21. The van der Waals surface area contributed by atoms with E-state index in [1.807, 2.05) is 39.0 Å². The highest BCUT2D eigenvalue weighted by Gasteiger charge is 2.25. The molecular weight excluding hydrogens is 384 g/mol. The third-order valence-corrected chi connectivity index (χ3v) is 4.97. The van der Waals surface area contributed by atoms with Gasteiger partial charge in [-0.3, -0.25) is 4.79 Å². The fourth-order valence-corrected chi connectivity index (χ4v) is 3.35. The van der Waals surface area contributed by atoms with Gasteiger partial charge in [-0.25, -0.2) is 9.48 Å². The molecule has 2 aromatic rings. The molecule has 0 unspecified atom stereocenters. The number of hydrogen-bond donors (Lipinski definition) is 0. The summed E-state index contributed by atoms with van der Waals surface area (Å²) in [4.78, 5) is 28.6. The van der Waals surface area contributed by atoms with Crippen LogP contribution in [-0.2, 0) is 4.74 Å². The summed E-state index contributed by atoms with van der Waals surface area (Å²) in [5.41, 5.74) is 2.23. The highest BCUT2D eigenvalue weighted by Crippen LogP contribution is 2.23. The maximum absolute atomic E-state index is 13.0. The Morgan fingerprint density at radius 3 is 2.57 bits per heavy atom. The molecule has 0 saturated carbocycles. The van der Waals surface area contributed by atoms with Gasteiger partial charge in [0.1, 0.15) is 11.4 Å². The third-order valence-electron chi connectivity index (χ3n) is 4.97. The van der Waals surface area contributed by atoms with Crippen molar-refractivity contribution in [3.8, 4) is 11.4 Å². The van der Waals surface area contributed by atoms with Gasteiger partial charge in [-0.15, -0.1) is 0 Å². The molecule has 162 valence electrons. The number of nitrogens with zero attached hydrogens (tertiary/aromatic N) is 4. The summed E-state index contributed by atoms with van der Waals surface area (Å²) in [6, 6.07) is 7.53. The van der Waals surface area contributed by atoms with E-state index >= 15 is 0 Å². The first-order valence-electron chi connectivity index (χ1n) is 10.3. The van der Waals surface area contributed by atoms with E-state index < -0.39 is 0 Å². The molecule has 8 nitrogen and oxygen atoms in total. The molecule has 1 fully saturated rings. The van der Waals surface area contributed by atoms with E-state index in [0.29, 0.717) is 56.6 Å². The van der Waals surface area contributed by atoms with Crippen molar-refractivity contribution in [1.82, 2.24) is 19.6 Å². The number of aromatic nitrogens is 2. The van der Waals surface area contributed by atoms with Crippen LogP contribution in [0.15, 0.2) is 30.5 Å². The van der Waals surface area contributed by atoms with E-state index in [-0.39, 0.29) is 12.0 Å². The molecular formula is C22H30N4O4. The van der Waals surface area contributed by atoms with Gasteiger partial charge in [0.15, 0.2) is 5.69 Å². The van der Waals surface area contributed by atoms with Crippen molar-refractivity contribution in [1.29, 1.82) is 0 Å². The van der Waals surface area contributed by atoms with Crippen LogP contribution in [0.4, 0.5) is 4.79 Å². The molecule has 1 aliphatic heterocycles. The minimum atomic E-state index is -0.311. The zero-order valence-electron chi connectivity index (χ0n) is 18.1. The summed E-state index contributed by atoms with van der Waals surface area (Å²) in [6.45, 7) is 8.46. The molecule has 0 radical (unpaired) electrons. The smallest absolute Gasteiger partial charge is 0.409 e. The topological polar surface area (TPSA) is 76.9 Å². The Balaban J connectivity index is 1.67. The van der Waals surface area contributed by atoms with Crippen LogP contribution in [0.1, 0.15) is 36.3 Å². The Morgan fingerprint density at radius 1 is 1.10 bits per heavy atom. The first-order chi connectivity index (χ1) is 14.4. The number of rotatable bonds is 5. The predicted octanol–water partition coefficient (Wildman–Crippen LogP) is 3.13. The average Bonchev–Trinajstić information content (AvgIpc) is 3.09. The van der Waals surface area contributed by atoms with Crippen molar-refractivity contribution < 1.29 is 19.1 Å². The highest BCUT2D eigenvalue weighted by molar-refractivity contribution is 5.92. The lowest BCUT2D eigenvalue weighted by atomic mass is 10.2. The van der Waals surface area contributed by atoms with Crippen molar-refractivity contribution in [2.75, 3.05) is 39.9 Å². The number of methoxy groups -OCH3 is 1. The lowest BCUT2D eigenvalue weighted by Crippen LogP contribution is -2.38. The van der Waals surface area contributed by atoms with Crippen LogP contribution >= 0.6 is 0 Å². The number of carbonyl (C=O) groups is 2. The second-order valence-corrected chi connectivity index (χ2v) is 7.92. The Hall–Kier alpha value is -3.03. The molecule has 30 heavy (non-hydrogen) atoms. The number of amides is 2. The molecule has 8 heteroatoms. The average molecular weight is 415 g/mol. The van der Waals surface area contributed by atoms with Gasteiger partial charge in [-0.1, -0.05) is 19.9 Å². The van der Waals surface area contributed by atoms with Gasteiger partial charge in [0.25, 0.3) is 5.91 Å². The molecule has 2 heterocycles. The second kappa shape index (κ2) is 9.65. The van der Waals surface area contributed by atoms with Gasteiger partial charge in [-0.2, -0.15) is 5.10 Å². The van der Waals surface area contributed by atoms with Crippen molar-refractivity contribution in [3.05, 3.63) is 41.7 Å². The molecule has 0 spiro atoms. The summed E-state index contributed by atoms with van der Waals surface area (Å²) in [5.74, 6) is 0.840. The van der Waals surface area contributed by atoms with E-state index in [2.05, 4.69) is 5.10 Å². The van der Waals surface area contributed by atoms with Crippen LogP contribution in [0.2, 0.25) is 0 Å². The quantitative estimate of drug-likeness (QED) is 0.751. The summed E-state index contributed by atoms with van der Waals surface area (Å²) < 4.78 is 12.4. The van der Waals surface area contributed by atoms with Gasteiger partial charge in [0.05, 0.1) is 13.7 Å². The Bertz CT molecular complexity index is 893. The standard InChI is InChI=1S/C22H30N4O4/c1-16(2)15-30-22(28)25-10-5-9-24(12-13-25)21(27)18-8-11-26(23-18)19-14-17(3)6-7-20(19)29-4/h6-8,11,14,16H,5,9-10,12-13,15H2,1-4H3. The van der Waals surface area contributed by atoms with Crippen LogP contribution in [-0.4, -0.2) is 71.5 Å². The third kappa shape index (κ3) is 5.11. The van der Waals surface area contributed by atoms with Gasteiger partial charge in [-0.05, 0) is 43.0 Å². The molecule has 3 rings (SSSR count). The molecule has 1 aliphatic rings. The molecule has 0 atom stereocenters. The Morgan fingerprint density at radius 2 is 1.83 bits per heavy atom. The summed E-state index contributed by atoms with van der Waals surface area (Å²) in [6.07, 6.45) is 2.15. The number of carbonyl (C=O) groups excluding carboxylic acids is 2. The van der Waals surface area contributed by atoms with Crippen LogP contribution in [0.3, 0.4) is 0 Å². The number of benzene rings is 1. The monoisotopic (exact) mass is 414 g/mol. The van der Waals surface area contributed by atoms with Crippen molar-refractivity contribution in [3.63, 3.8) is 0 Å². The number of aryl methyl sites for hydroxylation is 1. The first kappa shape index (κ1) is 21.7. The van der Waals surface area contributed by atoms with Gasteiger partial charge >= 0.3 is 6.09 Å². The molecule has 1 aromatic carbocycles. The highest BCUT2D eigenvalue weighted by atomic mass is 16.6. The van der Waals surface area contributed by atoms with E-state index in [1.54, 1.807) is 33.9 Å².